The lowest BCUT2D eigenvalue weighted by molar-refractivity contribution is 0.101. The third kappa shape index (κ3) is 3.80. The quantitative estimate of drug-likeness (QED) is 0.436. The highest BCUT2D eigenvalue weighted by molar-refractivity contribution is 9.10. The maximum Gasteiger partial charge on any atom is 0.232 e. The molecule has 0 saturated carbocycles. The van der Waals surface area contributed by atoms with E-state index >= 15 is 0 Å². The molecule has 6 heteroatoms. The van der Waals surface area contributed by atoms with Gasteiger partial charge in [-0.2, -0.15) is 0 Å². The number of ketones is 1. The minimum absolute atomic E-state index is 0.155. The average Bonchev–Trinajstić information content (AvgIpc) is 2.99. The molecule has 0 N–H and O–H groups in total. The molecular formula is C23H15BrF2O3. The highest BCUT2D eigenvalue weighted by Gasteiger charge is 2.30. The first-order valence-electron chi connectivity index (χ1n) is 8.83. The van der Waals surface area contributed by atoms with Gasteiger partial charge in [0.1, 0.15) is 29.7 Å². The summed E-state index contributed by atoms with van der Waals surface area (Å²) in [6.45, 7) is 1.49. The Morgan fingerprint density at radius 1 is 1.07 bits per heavy atom. The Morgan fingerprint density at radius 3 is 2.52 bits per heavy atom. The van der Waals surface area contributed by atoms with Gasteiger partial charge in [0.15, 0.2) is 5.76 Å². The first-order valence-corrected chi connectivity index (χ1v) is 9.62. The van der Waals surface area contributed by atoms with Crippen molar-refractivity contribution in [1.29, 1.82) is 0 Å². The molecule has 3 nitrogen and oxygen atoms in total. The molecule has 0 spiro atoms. The zero-order chi connectivity index (χ0) is 20.5. The van der Waals surface area contributed by atoms with E-state index in [1.807, 2.05) is 24.3 Å². The maximum absolute atomic E-state index is 13.8. The fourth-order valence-corrected chi connectivity index (χ4v) is 3.52. The number of hydrogen-bond donors (Lipinski definition) is 0. The van der Waals surface area contributed by atoms with Gasteiger partial charge in [0.2, 0.25) is 5.78 Å². The Hall–Kier alpha value is -2.99. The molecule has 146 valence electrons. The SMILES string of the molecule is Cc1cc(OCc2c(F)cccc2F)cc2c1C(=O)/C(=C/c1ccccc1Br)O2. The first kappa shape index (κ1) is 19.3. The second-order valence-electron chi connectivity index (χ2n) is 6.56. The predicted molar refractivity (Wildman–Crippen MR) is 109 cm³/mol. The molecule has 3 aromatic rings. The predicted octanol–water partition coefficient (Wildman–Crippen LogP) is 6.23. The summed E-state index contributed by atoms with van der Waals surface area (Å²) in [5.74, 6) is -0.649. The van der Waals surface area contributed by atoms with Crippen LogP contribution in [0.1, 0.15) is 27.0 Å². The molecular weight excluding hydrogens is 442 g/mol. The van der Waals surface area contributed by atoms with Crippen molar-refractivity contribution in [3.8, 4) is 11.5 Å². The van der Waals surface area contributed by atoms with Crippen LogP contribution in [-0.2, 0) is 6.61 Å². The molecule has 0 amide bonds. The minimum atomic E-state index is -0.673. The van der Waals surface area contributed by atoms with Crippen molar-refractivity contribution in [1.82, 2.24) is 0 Å². The van der Waals surface area contributed by atoms with Crippen LogP contribution in [0.2, 0.25) is 0 Å². The zero-order valence-corrected chi connectivity index (χ0v) is 16.9. The number of fused-ring (bicyclic) bond motifs is 1. The number of rotatable bonds is 4. The highest BCUT2D eigenvalue weighted by Crippen LogP contribution is 2.38. The van der Waals surface area contributed by atoms with Crippen molar-refractivity contribution in [2.24, 2.45) is 0 Å². The number of carbonyl (C=O) groups is 1. The van der Waals surface area contributed by atoms with Crippen molar-refractivity contribution in [3.05, 3.63) is 98.7 Å². The van der Waals surface area contributed by atoms with Crippen molar-refractivity contribution in [2.75, 3.05) is 0 Å². The van der Waals surface area contributed by atoms with Gasteiger partial charge in [-0.25, -0.2) is 8.78 Å². The Kier molecular flexibility index (Phi) is 5.20. The number of benzene rings is 3. The van der Waals surface area contributed by atoms with Crippen LogP contribution in [0.4, 0.5) is 8.78 Å². The van der Waals surface area contributed by atoms with E-state index < -0.39 is 11.6 Å². The molecule has 1 aliphatic rings. The van der Waals surface area contributed by atoms with Gasteiger partial charge in [-0.1, -0.05) is 40.2 Å². The molecule has 0 unspecified atom stereocenters. The lowest BCUT2D eigenvalue weighted by atomic mass is 10.0. The summed E-state index contributed by atoms with van der Waals surface area (Å²) >= 11 is 3.45. The summed E-state index contributed by atoms with van der Waals surface area (Å²) in [6, 6.07) is 14.3. The normalized spacial score (nSPS) is 14.1. The third-order valence-electron chi connectivity index (χ3n) is 4.58. The van der Waals surface area contributed by atoms with E-state index in [-0.39, 0.29) is 23.7 Å². The number of ether oxygens (including phenoxy) is 2. The average molecular weight is 457 g/mol. The maximum atomic E-state index is 13.8. The van der Waals surface area contributed by atoms with Crippen LogP contribution in [0.15, 0.2) is 64.8 Å². The van der Waals surface area contributed by atoms with E-state index in [0.717, 1.165) is 10.0 Å². The van der Waals surface area contributed by atoms with Crippen LogP contribution in [0.3, 0.4) is 0 Å². The Morgan fingerprint density at radius 2 is 1.79 bits per heavy atom. The van der Waals surface area contributed by atoms with Crippen LogP contribution < -0.4 is 9.47 Å². The van der Waals surface area contributed by atoms with Crippen molar-refractivity contribution in [2.45, 2.75) is 13.5 Å². The van der Waals surface area contributed by atoms with Gasteiger partial charge in [-0.05, 0) is 48.4 Å². The summed E-state index contributed by atoms with van der Waals surface area (Å²) in [6.07, 6.45) is 1.67. The monoisotopic (exact) mass is 456 g/mol. The zero-order valence-electron chi connectivity index (χ0n) is 15.3. The van der Waals surface area contributed by atoms with E-state index in [4.69, 9.17) is 9.47 Å². The molecule has 0 atom stereocenters. The molecule has 1 aliphatic heterocycles. The second kappa shape index (κ2) is 7.79. The van der Waals surface area contributed by atoms with Crippen LogP contribution in [0.5, 0.6) is 11.5 Å². The van der Waals surface area contributed by atoms with Crippen LogP contribution in [0.25, 0.3) is 6.08 Å². The fourth-order valence-electron chi connectivity index (χ4n) is 3.12. The van der Waals surface area contributed by atoms with E-state index in [9.17, 15) is 13.6 Å². The standard InChI is InChI=1S/C23H15BrF2O3/c1-13-9-15(28-12-16-18(25)7-4-8-19(16)26)11-20-22(13)23(27)21(29-20)10-14-5-2-3-6-17(14)24/h2-11H,12H2,1H3/b21-10-. The highest BCUT2D eigenvalue weighted by atomic mass is 79.9. The molecule has 29 heavy (non-hydrogen) atoms. The largest absolute Gasteiger partial charge is 0.489 e. The number of allylic oxidation sites excluding steroid dienone is 1. The van der Waals surface area contributed by atoms with E-state index in [0.29, 0.717) is 22.6 Å². The number of halogens is 3. The van der Waals surface area contributed by atoms with Crippen LogP contribution >= 0.6 is 15.9 Å². The van der Waals surface area contributed by atoms with E-state index in [1.165, 1.54) is 18.2 Å². The van der Waals surface area contributed by atoms with Crippen molar-refractivity contribution in [3.63, 3.8) is 0 Å². The molecule has 0 radical (unpaired) electrons. The smallest absolute Gasteiger partial charge is 0.232 e. The fraction of sp³-hybridized carbons (Fsp3) is 0.0870. The van der Waals surface area contributed by atoms with Crippen molar-refractivity contribution < 1.29 is 23.0 Å². The summed E-state index contributed by atoms with van der Waals surface area (Å²) in [4.78, 5) is 12.8. The summed E-state index contributed by atoms with van der Waals surface area (Å²) in [5, 5.41) is 0. The number of Topliss-reactive ketones (excluding diaryl/α,β-unsaturated/α-hetero) is 1. The van der Waals surface area contributed by atoms with Gasteiger partial charge in [0.05, 0.1) is 11.1 Å². The Bertz CT molecular complexity index is 1130. The number of aryl methyl sites for hydroxylation is 1. The van der Waals surface area contributed by atoms with Gasteiger partial charge in [0.25, 0.3) is 0 Å². The molecule has 0 bridgehead atoms. The molecule has 4 rings (SSSR count). The van der Waals surface area contributed by atoms with Crippen molar-refractivity contribution >= 4 is 27.8 Å². The Labute approximate surface area is 174 Å². The summed E-state index contributed by atoms with van der Waals surface area (Å²) < 4.78 is 39.8. The van der Waals surface area contributed by atoms with E-state index in [1.54, 1.807) is 25.1 Å². The summed E-state index contributed by atoms with van der Waals surface area (Å²) in [5.41, 5.74) is 1.77. The lowest BCUT2D eigenvalue weighted by Crippen LogP contribution is -2.02. The molecule has 0 aromatic heterocycles. The Balaban J connectivity index is 1.60. The second-order valence-corrected chi connectivity index (χ2v) is 7.42. The topological polar surface area (TPSA) is 35.5 Å². The number of carbonyl (C=O) groups excluding carboxylic acids is 1. The minimum Gasteiger partial charge on any atom is -0.489 e. The third-order valence-corrected chi connectivity index (χ3v) is 5.30. The molecule has 0 saturated heterocycles. The summed E-state index contributed by atoms with van der Waals surface area (Å²) in [7, 11) is 0. The van der Waals surface area contributed by atoms with Gasteiger partial charge in [-0.3, -0.25) is 4.79 Å². The van der Waals surface area contributed by atoms with Crippen LogP contribution in [-0.4, -0.2) is 5.78 Å². The first-order chi connectivity index (χ1) is 13.9. The van der Waals surface area contributed by atoms with Gasteiger partial charge in [-0.15, -0.1) is 0 Å². The molecule has 1 heterocycles. The van der Waals surface area contributed by atoms with Crippen LogP contribution in [0, 0.1) is 18.6 Å². The van der Waals surface area contributed by atoms with E-state index in [2.05, 4.69) is 15.9 Å². The number of hydrogen-bond acceptors (Lipinski definition) is 3. The van der Waals surface area contributed by atoms with Gasteiger partial charge < -0.3 is 9.47 Å². The molecule has 0 aliphatic carbocycles. The molecule has 3 aromatic carbocycles. The molecule has 0 fully saturated rings. The van der Waals surface area contributed by atoms with Gasteiger partial charge in [0, 0.05) is 10.5 Å². The van der Waals surface area contributed by atoms with Gasteiger partial charge >= 0.3 is 0 Å². The lowest BCUT2D eigenvalue weighted by Gasteiger charge is -2.10.